The lowest BCUT2D eigenvalue weighted by Gasteiger charge is -2.33. The SMILES string of the molecule is C=N/C=C(/C)OCNc1cc(N2CCN(C)CC2)nc(Oc2ccc3[nH]c(C)cc3c2C)n1.CC. The first kappa shape index (κ1) is 26.0. The number of likely N-dealkylation sites (N-methyl/N-ethyl adjacent to an activating group) is 1. The monoisotopic (exact) mass is 479 g/mol. The van der Waals surface area contributed by atoms with E-state index >= 15 is 0 Å². The topological polar surface area (TPSA) is 90.9 Å². The number of benzene rings is 1. The smallest absolute Gasteiger partial charge is 0.325 e. The summed E-state index contributed by atoms with van der Waals surface area (Å²) in [4.78, 5) is 20.9. The number of nitrogens with zero attached hydrogens (tertiary/aromatic N) is 5. The van der Waals surface area contributed by atoms with E-state index in [1.54, 1.807) is 6.20 Å². The number of H-pyrrole nitrogens is 1. The maximum atomic E-state index is 6.20. The molecule has 188 valence electrons. The number of ether oxygens (including phenoxy) is 2. The number of allylic oxidation sites excluding steroid dienone is 1. The predicted octanol–water partition coefficient (Wildman–Crippen LogP) is 5.09. The molecular formula is C26H37N7O2. The first-order valence-corrected chi connectivity index (χ1v) is 12.0. The van der Waals surface area contributed by atoms with Crippen LogP contribution in [0.1, 0.15) is 32.0 Å². The molecule has 3 heterocycles. The number of rotatable bonds is 8. The van der Waals surface area contributed by atoms with Crippen LogP contribution >= 0.6 is 0 Å². The largest absolute Gasteiger partial charge is 0.476 e. The molecule has 0 radical (unpaired) electrons. The Hall–Kier alpha value is -3.59. The van der Waals surface area contributed by atoms with E-state index in [1.165, 1.54) is 0 Å². The van der Waals surface area contributed by atoms with Crippen LogP contribution in [0.25, 0.3) is 10.9 Å². The molecule has 1 aromatic carbocycles. The van der Waals surface area contributed by atoms with Gasteiger partial charge in [-0.1, -0.05) is 13.8 Å². The molecule has 9 nitrogen and oxygen atoms in total. The van der Waals surface area contributed by atoms with Crippen LogP contribution in [0.4, 0.5) is 11.6 Å². The Morgan fingerprint density at radius 3 is 2.63 bits per heavy atom. The van der Waals surface area contributed by atoms with Crippen LogP contribution in [0.5, 0.6) is 11.8 Å². The van der Waals surface area contributed by atoms with Gasteiger partial charge in [0.2, 0.25) is 0 Å². The third-order valence-electron chi connectivity index (χ3n) is 5.70. The maximum Gasteiger partial charge on any atom is 0.325 e. The lowest BCUT2D eigenvalue weighted by molar-refractivity contribution is 0.236. The van der Waals surface area contributed by atoms with Crippen molar-refractivity contribution in [1.29, 1.82) is 0 Å². The van der Waals surface area contributed by atoms with E-state index < -0.39 is 0 Å². The van der Waals surface area contributed by atoms with Crippen molar-refractivity contribution in [3.8, 4) is 11.8 Å². The highest BCUT2D eigenvalue weighted by Crippen LogP contribution is 2.31. The van der Waals surface area contributed by atoms with Gasteiger partial charge in [0.05, 0.1) is 6.20 Å². The van der Waals surface area contributed by atoms with Gasteiger partial charge in [-0.05, 0) is 52.7 Å². The second-order valence-electron chi connectivity index (χ2n) is 8.28. The number of hydrogen-bond donors (Lipinski definition) is 2. The Labute approximate surface area is 207 Å². The highest BCUT2D eigenvalue weighted by Gasteiger charge is 2.18. The summed E-state index contributed by atoms with van der Waals surface area (Å²) < 4.78 is 11.8. The molecular weight excluding hydrogens is 442 g/mol. The summed E-state index contributed by atoms with van der Waals surface area (Å²) in [6.07, 6.45) is 1.56. The zero-order valence-electron chi connectivity index (χ0n) is 21.7. The van der Waals surface area contributed by atoms with Gasteiger partial charge in [0, 0.05) is 54.4 Å². The molecule has 1 aliphatic heterocycles. The Kier molecular flexibility index (Phi) is 9.08. The normalized spacial score (nSPS) is 14.3. The molecule has 0 aliphatic carbocycles. The third-order valence-corrected chi connectivity index (χ3v) is 5.70. The molecule has 1 aliphatic rings. The zero-order valence-corrected chi connectivity index (χ0v) is 21.7. The fourth-order valence-electron chi connectivity index (χ4n) is 3.81. The maximum absolute atomic E-state index is 6.20. The summed E-state index contributed by atoms with van der Waals surface area (Å²) >= 11 is 0. The first-order valence-electron chi connectivity index (χ1n) is 12.0. The van der Waals surface area contributed by atoms with Crippen LogP contribution in [0.2, 0.25) is 0 Å². The molecule has 0 bridgehead atoms. The predicted molar refractivity (Wildman–Crippen MR) is 144 cm³/mol. The molecule has 0 atom stereocenters. The fourth-order valence-corrected chi connectivity index (χ4v) is 3.81. The van der Waals surface area contributed by atoms with Crippen molar-refractivity contribution < 1.29 is 9.47 Å². The molecule has 1 fully saturated rings. The third kappa shape index (κ3) is 6.73. The number of aliphatic imine (C=N–C) groups is 1. The summed E-state index contributed by atoms with van der Waals surface area (Å²) in [6, 6.07) is 8.32. The van der Waals surface area contributed by atoms with E-state index in [1.807, 2.05) is 52.8 Å². The van der Waals surface area contributed by atoms with Crippen LogP contribution in [0.15, 0.2) is 41.2 Å². The van der Waals surface area contributed by atoms with Gasteiger partial charge in [-0.2, -0.15) is 9.97 Å². The molecule has 0 amide bonds. The van der Waals surface area contributed by atoms with E-state index in [4.69, 9.17) is 14.5 Å². The van der Waals surface area contributed by atoms with Crippen molar-refractivity contribution in [1.82, 2.24) is 19.9 Å². The van der Waals surface area contributed by atoms with E-state index in [0.717, 1.165) is 59.9 Å². The van der Waals surface area contributed by atoms with E-state index in [2.05, 4.69) is 49.9 Å². The average Bonchev–Trinajstić information content (AvgIpc) is 3.24. The Balaban J connectivity index is 0.00000167. The van der Waals surface area contributed by atoms with Crippen molar-refractivity contribution in [2.45, 2.75) is 34.6 Å². The second kappa shape index (κ2) is 12.2. The molecule has 3 aromatic rings. The van der Waals surface area contributed by atoms with Crippen LogP contribution in [-0.4, -0.2) is 66.5 Å². The summed E-state index contributed by atoms with van der Waals surface area (Å²) in [5.41, 5.74) is 3.24. The van der Waals surface area contributed by atoms with E-state index in [9.17, 15) is 0 Å². The molecule has 9 heteroatoms. The average molecular weight is 480 g/mol. The first-order chi connectivity index (χ1) is 16.9. The van der Waals surface area contributed by atoms with Crippen LogP contribution < -0.4 is 15.0 Å². The van der Waals surface area contributed by atoms with Gasteiger partial charge in [-0.3, -0.25) is 4.99 Å². The molecule has 0 unspecified atom stereocenters. The summed E-state index contributed by atoms with van der Waals surface area (Å²) in [6.45, 7) is 17.3. The minimum Gasteiger partial charge on any atom is -0.476 e. The van der Waals surface area contributed by atoms with Gasteiger partial charge >= 0.3 is 6.01 Å². The van der Waals surface area contributed by atoms with Crippen molar-refractivity contribution in [2.24, 2.45) is 4.99 Å². The van der Waals surface area contributed by atoms with Gasteiger partial charge in [0.1, 0.15) is 23.1 Å². The minimum absolute atomic E-state index is 0.240. The van der Waals surface area contributed by atoms with Crippen molar-refractivity contribution in [3.63, 3.8) is 0 Å². The Bertz CT molecular complexity index is 1160. The standard InChI is InChI=1S/C24H31N7O2.C2H6/c1-16-12-19-18(3)21(7-6-20(19)27-16)33-24-28-22(26-15-32-17(2)14-25-4)13-23(29-24)31-10-8-30(5)9-11-31;1-2/h6-7,12-14,27H,4,8-11,15H2,1-3,5H3,(H,26,28,29);1-2H3/b17-14-;. The van der Waals surface area contributed by atoms with Crippen molar-refractivity contribution in [3.05, 3.63) is 47.5 Å². The minimum atomic E-state index is 0.240. The highest BCUT2D eigenvalue weighted by molar-refractivity contribution is 5.86. The van der Waals surface area contributed by atoms with Crippen molar-refractivity contribution >= 4 is 29.3 Å². The Morgan fingerprint density at radius 2 is 1.91 bits per heavy atom. The van der Waals surface area contributed by atoms with Gasteiger partial charge in [-0.15, -0.1) is 0 Å². The second-order valence-corrected chi connectivity index (χ2v) is 8.28. The summed E-state index contributed by atoms with van der Waals surface area (Å²) in [5, 5.41) is 4.33. The molecule has 0 saturated carbocycles. The lowest BCUT2D eigenvalue weighted by Crippen LogP contribution is -2.44. The van der Waals surface area contributed by atoms with Crippen LogP contribution in [-0.2, 0) is 4.74 Å². The van der Waals surface area contributed by atoms with Crippen LogP contribution in [0.3, 0.4) is 0 Å². The molecule has 0 spiro atoms. The molecule has 1 saturated heterocycles. The molecule has 4 rings (SSSR count). The number of piperazine rings is 1. The number of fused-ring (bicyclic) bond motifs is 1. The van der Waals surface area contributed by atoms with Gasteiger partial charge in [0.25, 0.3) is 0 Å². The van der Waals surface area contributed by atoms with Gasteiger partial charge < -0.3 is 29.6 Å². The fraction of sp³-hybridized carbons (Fsp3) is 0.423. The number of nitrogens with one attached hydrogen (secondary N) is 2. The number of hydrogen-bond acceptors (Lipinski definition) is 8. The highest BCUT2D eigenvalue weighted by atomic mass is 16.5. The van der Waals surface area contributed by atoms with E-state index in [-0.39, 0.29) is 6.73 Å². The lowest BCUT2D eigenvalue weighted by atomic mass is 10.1. The number of aryl methyl sites for hydroxylation is 2. The number of anilines is 2. The molecule has 2 N–H and O–H groups in total. The number of aromatic amines is 1. The van der Waals surface area contributed by atoms with E-state index in [0.29, 0.717) is 17.6 Å². The van der Waals surface area contributed by atoms with Gasteiger partial charge in [0.15, 0.2) is 6.73 Å². The van der Waals surface area contributed by atoms with Gasteiger partial charge in [-0.25, -0.2) is 0 Å². The van der Waals surface area contributed by atoms with Crippen molar-refractivity contribution in [2.75, 3.05) is 50.2 Å². The van der Waals surface area contributed by atoms with Crippen LogP contribution in [0, 0.1) is 13.8 Å². The molecule has 35 heavy (non-hydrogen) atoms. The summed E-state index contributed by atoms with van der Waals surface area (Å²) in [7, 11) is 2.13. The number of aromatic nitrogens is 3. The Morgan fingerprint density at radius 1 is 1.17 bits per heavy atom. The quantitative estimate of drug-likeness (QED) is 0.264. The molecule has 2 aromatic heterocycles. The zero-order chi connectivity index (χ0) is 25.4. The summed E-state index contributed by atoms with van der Waals surface area (Å²) in [5.74, 6) is 2.85.